The summed E-state index contributed by atoms with van der Waals surface area (Å²) >= 11 is 12.0. The molecule has 0 radical (unpaired) electrons. The summed E-state index contributed by atoms with van der Waals surface area (Å²) in [6.45, 7) is 0. The van der Waals surface area contributed by atoms with Gasteiger partial charge in [-0.15, -0.1) is 11.6 Å². The molecule has 0 heterocycles. The molecule has 0 fully saturated rings. The maximum Gasteiger partial charge on any atom is 0.0573 e. The van der Waals surface area contributed by atoms with Crippen molar-refractivity contribution in [2.45, 2.75) is 11.8 Å². The smallest absolute Gasteiger partial charge is 0.0573 e. The highest BCUT2D eigenvalue weighted by molar-refractivity contribution is 6.32. The van der Waals surface area contributed by atoms with Gasteiger partial charge in [0, 0.05) is 11.5 Å². The Balaban J connectivity index is 2.36. The maximum atomic E-state index is 6.05. The van der Waals surface area contributed by atoms with Gasteiger partial charge in [0.05, 0.1) is 5.38 Å². The second kappa shape index (κ2) is 4.20. The van der Waals surface area contributed by atoms with Gasteiger partial charge in [0.25, 0.3) is 0 Å². The van der Waals surface area contributed by atoms with Gasteiger partial charge < -0.3 is 0 Å². The molecular weight excluding hydrogens is 215 g/mol. The van der Waals surface area contributed by atoms with Gasteiger partial charge in [-0.05, 0) is 17.2 Å². The third-order valence-corrected chi connectivity index (χ3v) is 2.71. The Morgan fingerprint density at radius 2 is 1.86 bits per heavy atom. The van der Waals surface area contributed by atoms with Crippen LogP contribution < -0.4 is 0 Å². The third kappa shape index (κ3) is 2.20. The standard InChI is InChI=1S/C12H10Cl2/c13-11-6-10(7-12(14)8-11)9-4-2-1-3-5-9/h1-7,11H,8H2/t11-/m1/s1. The lowest BCUT2D eigenvalue weighted by Crippen LogP contribution is -2.00. The molecule has 0 unspecified atom stereocenters. The first-order chi connectivity index (χ1) is 6.75. The molecule has 0 nitrogen and oxygen atoms in total. The summed E-state index contributed by atoms with van der Waals surface area (Å²) in [6.07, 6.45) is 4.76. The predicted octanol–water partition coefficient (Wildman–Crippen LogP) is 4.20. The minimum absolute atomic E-state index is 0.0164. The summed E-state index contributed by atoms with van der Waals surface area (Å²) in [5.74, 6) is 0. The van der Waals surface area contributed by atoms with Crippen LogP contribution in [0.4, 0.5) is 0 Å². The molecule has 2 rings (SSSR count). The van der Waals surface area contributed by atoms with Crippen LogP contribution in [0.5, 0.6) is 0 Å². The summed E-state index contributed by atoms with van der Waals surface area (Å²) in [5, 5.41) is 0.842. The molecule has 0 spiro atoms. The third-order valence-electron chi connectivity index (χ3n) is 2.17. The minimum atomic E-state index is 0.0164. The van der Waals surface area contributed by atoms with Crippen LogP contribution in [0, 0.1) is 0 Å². The summed E-state index contributed by atoms with van der Waals surface area (Å²) in [6, 6.07) is 10.1. The molecule has 1 aromatic rings. The Hall–Kier alpha value is -0.720. The lowest BCUT2D eigenvalue weighted by atomic mass is 9.99. The molecule has 0 saturated carbocycles. The van der Waals surface area contributed by atoms with Gasteiger partial charge >= 0.3 is 0 Å². The van der Waals surface area contributed by atoms with Gasteiger partial charge in [0.15, 0.2) is 0 Å². The SMILES string of the molecule is ClC1=CC(c2ccccc2)=C[C@@H](Cl)C1. The largest absolute Gasteiger partial charge is 0.118 e. The Morgan fingerprint density at radius 3 is 2.50 bits per heavy atom. The normalized spacial score (nSPS) is 21.4. The van der Waals surface area contributed by atoms with E-state index < -0.39 is 0 Å². The van der Waals surface area contributed by atoms with Crippen LogP contribution in [-0.4, -0.2) is 5.38 Å². The second-order valence-electron chi connectivity index (χ2n) is 3.30. The van der Waals surface area contributed by atoms with Crippen molar-refractivity contribution >= 4 is 28.8 Å². The fraction of sp³-hybridized carbons (Fsp3) is 0.167. The number of alkyl halides is 1. The molecule has 1 aliphatic carbocycles. The molecule has 1 aliphatic rings. The molecular formula is C12H10Cl2. The van der Waals surface area contributed by atoms with Crippen molar-refractivity contribution < 1.29 is 0 Å². The Bertz CT molecular complexity index is 377. The number of hydrogen-bond acceptors (Lipinski definition) is 0. The first-order valence-electron chi connectivity index (χ1n) is 4.53. The monoisotopic (exact) mass is 224 g/mol. The first-order valence-corrected chi connectivity index (χ1v) is 5.34. The van der Waals surface area contributed by atoms with Gasteiger partial charge in [0.1, 0.15) is 0 Å². The summed E-state index contributed by atoms with van der Waals surface area (Å²) in [4.78, 5) is 0. The quantitative estimate of drug-likeness (QED) is 0.628. The van der Waals surface area contributed by atoms with Crippen LogP contribution in [0.1, 0.15) is 12.0 Å². The van der Waals surface area contributed by atoms with Gasteiger partial charge in [0.2, 0.25) is 0 Å². The molecule has 1 atom stereocenters. The van der Waals surface area contributed by atoms with Crippen molar-refractivity contribution in [3.8, 4) is 0 Å². The molecule has 0 aliphatic heterocycles. The molecule has 0 bridgehead atoms. The molecule has 0 saturated heterocycles. The Morgan fingerprint density at radius 1 is 1.14 bits per heavy atom. The molecule has 72 valence electrons. The van der Waals surface area contributed by atoms with Crippen molar-refractivity contribution in [3.05, 3.63) is 53.1 Å². The lowest BCUT2D eigenvalue weighted by molar-refractivity contribution is 1.03. The van der Waals surface area contributed by atoms with Gasteiger partial charge in [-0.3, -0.25) is 0 Å². The van der Waals surface area contributed by atoms with E-state index in [1.165, 1.54) is 0 Å². The van der Waals surface area contributed by atoms with Crippen LogP contribution >= 0.6 is 23.2 Å². The average molecular weight is 225 g/mol. The zero-order chi connectivity index (χ0) is 9.97. The van der Waals surface area contributed by atoms with Gasteiger partial charge in [-0.25, -0.2) is 0 Å². The van der Waals surface area contributed by atoms with Crippen molar-refractivity contribution in [3.63, 3.8) is 0 Å². The van der Waals surface area contributed by atoms with Crippen LogP contribution in [-0.2, 0) is 0 Å². The van der Waals surface area contributed by atoms with E-state index in [9.17, 15) is 0 Å². The van der Waals surface area contributed by atoms with E-state index in [2.05, 4.69) is 12.1 Å². The zero-order valence-corrected chi connectivity index (χ0v) is 9.09. The molecule has 0 aromatic heterocycles. The van der Waals surface area contributed by atoms with Gasteiger partial charge in [-0.1, -0.05) is 48.0 Å². The Kier molecular flexibility index (Phi) is 2.95. The fourth-order valence-electron chi connectivity index (χ4n) is 1.53. The molecule has 2 heteroatoms. The molecule has 0 amide bonds. The zero-order valence-electron chi connectivity index (χ0n) is 7.58. The molecule has 1 aromatic carbocycles. The van der Waals surface area contributed by atoms with E-state index in [-0.39, 0.29) is 5.38 Å². The highest BCUT2D eigenvalue weighted by Crippen LogP contribution is 2.29. The average Bonchev–Trinajstić information content (AvgIpc) is 2.18. The van der Waals surface area contributed by atoms with Gasteiger partial charge in [-0.2, -0.15) is 0 Å². The van der Waals surface area contributed by atoms with Crippen LogP contribution in [0.2, 0.25) is 0 Å². The maximum absolute atomic E-state index is 6.05. The first kappa shape index (κ1) is 9.82. The van der Waals surface area contributed by atoms with Crippen LogP contribution in [0.15, 0.2) is 47.5 Å². The number of halogens is 2. The van der Waals surface area contributed by atoms with Crippen molar-refractivity contribution in [1.82, 2.24) is 0 Å². The predicted molar refractivity (Wildman–Crippen MR) is 62.6 cm³/mol. The van der Waals surface area contributed by atoms with Crippen LogP contribution in [0.25, 0.3) is 5.57 Å². The molecule has 14 heavy (non-hydrogen) atoms. The summed E-state index contributed by atoms with van der Waals surface area (Å²) in [7, 11) is 0. The van der Waals surface area contributed by atoms with E-state index in [1.54, 1.807) is 0 Å². The van der Waals surface area contributed by atoms with E-state index in [1.807, 2.05) is 30.4 Å². The topological polar surface area (TPSA) is 0 Å². The Labute approximate surface area is 93.8 Å². The number of rotatable bonds is 1. The fourth-order valence-corrected chi connectivity index (χ4v) is 2.19. The van der Waals surface area contributed by atoms with E-state index in [4.69, 9.17) is 23.2 Å². The lowest BCUT2D eigenvalue weighted by Gasteiger charge is -2.13. The van der Waals surface area contributed by atoms with Crippen molar-refractivity contribution in [2.24, 2.45) is 0 Å². The summed E-state index contributed by atoms with van der Waals surface area (Å²) in [5.41, 5.74) is 2.28. The number of hydrogen-bond donors (Lipinski definition) is 0. The number of benzene rings is 1. The highest BCUT2D eigenvalue weighted by atomic mass is 35.5. The highest BCUT2D eigenvalue weighted by Gasteiger charge is 2.12. The van der Waals surface area contributed by atoms with Crippen molar-refractivity contribution in [2.75, 3.05) is 0 Å². The van der Waals surface area contributed by atoms with E-state index >= 15 is 0 Å². The minimum Gasteiger partial charge on any atom is -0.118 e. The van der Waals surface area contributed by atoms with E-state index in [0.717, 1.165) is 22.6 Å². The summed E-state index contributed by atoms with van der Waals surface area (Å²) < 4.78 is 0. The molecule has 0 N–H and O–H groups in total. The van der Waals surface area contributed by atoms with Crippen LogP contribution in [0.3, 0.4) is 0 Å². The second-order valence-corrected chi connectivity index (χ2v) is 4.35. The van der Waals surface area contributed by atoms with Crippen molar-refractivity contribution in [1.29, 1.82) is 0 Å². The number of allylic oxidation sites excluding steroid dienone is 4. The van der Waals surface area contributed by atoms with E-state index in [0.29, 0.717) is 0 Å².